The molecule has 0 bridgehead atoms. The van der Waals surface area contributed by atoms with Gasteiger partial charge in [-0.1, -0.05) is 72.5 Å². The van der Waals surface area contributed by atoms with Crippen molar-refractivity contribution in [1.29, 1.82) is 0 Å². The third-order valence-corrected chi connectivity index (χ3v) is 3.80. The number of aryl methyl sites for hydroxylation is 1. The van der Waals surface area contributed by atoms with E-state index in [1.165, 1.54) is 0 Å². The van der Waals surface area contributed by atoms with Crippen LogP contribution in [0.25, 0.3) is 0 Å². The summed E-state index contributed by atoms with van der Waals surface area (Å²) in [5.74, 6) is 6.61. The highest BCUT2D eigenvalue weighted by Gasteiger charge is 2.29. The Morgan fingerprint density at radius 2 is 1.42 bits per heavy atom. The van der Waals surface area contributed by atoms with Crippen molar-refractivity contribution in [1.82, 2.24) is 0 Å². The molecule has 0 aliphatic rings. The van der Waals surface area contributed by atoms with Gasteiger partial charge >= 0.3 is 0 Å². The number of rotatable bonds is 3. The molecular formula is C21H18O3. The summed E-state index contributed by atoms with van der Waals surface area (Å²) in [6.07, 6.45) is -1.10. The molecule has 0 saturated carbocycles. The Bertz CT molecular complexity index is 815. The van der Waals surface area contributed by atoms with Gasteiger partial charge in [0.1, 0.15) is 11.5 Å². The number of hydrogen-bond donors (Lipinski definition) is 2. The Hall–Kier alpha value is -2.80. The molecule has 0 fully saturated rings. The molecule has 3 rings (SSSR count). The zero-order valence-corrected chi connectivity index (χ0v) is 13.3. The molecule has 1 atom stereocenters. The van der Waals surface area contributed by atoms with E-state index in [2.05, 4.69) is 11.8 Å². The van der Waals surface area contributed by atoms with Crippen molar-refractivity contribution in [3.63, 3.8) is 0 Å². The first-order chi connectivity index (χ1) is 11.6. The Kier molecular flexibility index (Phi) is 4.52. The first kappa shape index (κ1) is 16.1. The van der Waals surface area contributed by atoms with Crippen molar-refractivity contribution < 1.29 is 14.6 Å². The minimum atomic E-state index is -1.51. The summed E-state index contributed by atoms with van der Waals surface area (Å²) in [7, 11) is 0. The smallest absolute Gasteiger partial charge is 0.176 e. The standard InChI is InChI=1S/C21H18O3/c1-16-12-13-20(24-16)19(22)14-15-21(23,17-8-4-2-5-9-17)18-10-6-3-7-11-18/h2-13,19,22-23H,1H3/t19-/m0/s1. The van der Waals surface area contributed by atoms with Gasteiger partial charge in [0.05, 0.1) is 0 Å². The predicted molar refractivity (Wildman–Crippen MR) is 92.1 cm³/mol. The van der Waals surface area contributed by atoms with Gasteiger partial charge in [0.25, 0.3) is 0 Å². The summed E-state index contributed by atoms with van der Waals surface area (Å²) in [6.45, 7) is 1.80. The molecule has 3 aromatic rings. The zero-order chi connectivity index (χ0) is 17.0. The van der Waals surface area contributed by atoms with Crippen LogP contribution < -0.4 is 0 Å². The van der Waals surface area contributed by atoms with Gasteiger partial charge < -0.3 is 14.6 Å². The summed E-state index contributed by atoms with van der Waals surface area (Å²) >= 11 is 0. The number of aliphatic hydroxyl groups excluding tert-OH is 1. The molecule has 1 aromatic heterocycles. The topological polar surface area (TPSA) is 53.6 Å². The predicted octanol–water partition coefficient (Wildman–Crippen LogP) is 3.56. The van der Waals surface area contributed by atoms with E-state index in [0.29, 0.717) is 22.6 Å². The van der Waals surface area contributed by atoms with E-state index in [9.17, 15) is 10.2 Å². The van der Waals surface area contributed by atoms with E-state index < -0.39 is 11.7 Å². The van der Waals surface area contributed by atoms with Gasteiger partial charge in [-0.05, 0) is 19.1 Å². The second kappa shape index (κ2) is 6.76. The van der Waals surface area contributed by atoms with Crippen LogP contribution >= 0.6 is 0 Å². The highest BCUT2D eigenvalue weighted by Crippen LogP contribution is 2.29. The lowest BCUT2D eigenvalue weighted by Crippen LogP contribution is -2.25. The monoisotopic (exact) mass is 318 g/mol. The average Bonchev–Trinajstić information content (AvgIpc) is 3.07. The van der Waals surface area contributed by atoms with Gasteiger partial charge in [-0.3, -0.25) is 0 Å². The van der Waals surface area contributed by atoms with Crippen LogP contribution in [0.15, 0.2) is 77.2 Å². The van der Waals surface area contributed by atoms with Crippen LogP contribution in [0.5, 0.6) is 0 Å². The van der Waals surface area contributed by atoms with Crippen LogP contribution in [0.3, 0.4) is 0 Å². The third kappa shape index (κ3) is 3.26. The van der Waals surface area contributed by atoms with E-state index in [4.69, 9.17) is 4.42 Å². The Labute approximate surface area is 141 Å². The fourth-order valence-corrected chi connectivity index (χ4v) is 2.51. The molecule has 3 heteroatoms. The van der Waals surface area contributed by atoms with Gasteiger partial charge in [0, 0.05) is 11.1 Å². The molecule has 0 spiro atoms. The SMILES string of the molecule is Cc1ccc([C@@H](O)C#CC(O)(c2ccccc2)c2ccccc2)o1. The summed E-state index contributed by atoms with van der Waals surface area (Å²) in [5, 5.41) is 21.5. The maximum absolute atomic E-state index is 11.2. The normalized spacial score (nSPS) is 12.3. The van der Waals surface area contributed by atoms with Gasteiger partial charge in [-0.2, -0.15) is 0 Å². The molecular weight excluding hydrogens is 300 g/mol. The van der Waals surface area contributed by atoms with Crippen LogP contribution in [-0.2, 0) is 5.60 Å². The Balaban J connectivity index is 2.02. The van der Waals surface area contributed by atoms with Crippen LogP contribution in [0.2, 0.25) is 0 Å². The lowest BCUT2D eigenvalue weighted by molar-refractivity contribution is 0.143. The molecule has 0 saturated heterocycles. The summed E-state index contributed by atoms with van der Waals surface area (Å²) in [5.41, 5.74) is -0.219. The molecule has 0 amide bonds. The van der Waals surface area contributed by atoms with Crippen molar-refractivity contribution in [2.75, 3.05) is 0 Å². The molecule has 3 nitrogen and oxygen atoms in total. The van der Waals surface area contributed by atoms with E-state index in [1.54, 1.807) is 19.1 Å². The average molecular weight is 318 g/mol. The van der Waals surface area contributed by atoms with Crippen LogP contribution in [0, 0.1) is 18.8 Å². The molecule has 2 N–H and O–H groups in total. The van der Waals surface area contributed by atoms with Crippen molar-refractivity contribution in [2.45, 2.75) is 18.6 Å². The summed E-state index contributed by atoms with van der Waals surface area (Å²) in [6, 6.07) is 21.8. The fraction of sp³-hybridized carbons (Fsp3) is 0.143. The molecule has 0 radical (unpaired) electrons. The summed E-state index contributed by atoms with van der Waals surface area (Å²) in [4.78, 5) is 0. The molecule has 0 aliphatic heterocycles. The largest absolute Gasteiger partial charge is 0.463 e. The lowest BCUT2D eigenvalue weighted by atomic mass is 9.86. The third-order valence-electron chi connectivity index (χ3n) is 3.80. The van der Waals surface area contributed by atoms with Crippen molar-refractivity contribution in [3.8, 4) is 11.8 Å². The lowest BCUT2D eigenvalue weighted by Gasteiger charge is -2.23. The number of furan rings is 1. The van der Waals surface area contributed by atoms with Crippen LogP contribution in [-0.4, -0.2) is 10.2 Å². The molecule has 0 aliphatic carbocycles. The van der Waals surface area contributed by atoms with Crippen LogP contribution in [0.4, 0.5) is 0 Å². The van der Waals surface area contributed by atoms with Crippen molar-refractivity contribution in [2.24, 2.45) is 0 Å². The van der Waals surface area contributed by atoms with Gasteiger partial charge in [0.15, 0.2) is 11.7 Å². The minimum absolute atomic E-state index is 0.364. The second-order valence-corrected chi connectivity index (χ2v) is 5.56. The maximum atomic E-state index is 11.2. The van der Waals surface area contributed by atoms with Gasteiger partial charge in [0.2, 0.25) is 0 Å². The van der Waals surface area contributed by atoms with Crippen LogP contribution in [0.1, 0.15) is 28.8 Å². The zero-order valence-electron chi connectivity index (χ0n) is 13.3. The number of hydrogen-bond acceptors (Lipinski definition) is 3. The highest BCUT2D eigenvalue weighted by atomic mass is 16.4. The summed E-state index contributed by atoms with van der Waals surface area (Å²) < 4.78 is 5.39. The van der Waals surface area contributed by atoms with Crippen molar-refractivity contribution >= 4 is 0 Å². The number of aliphatic hydroxyl groups is 2. The fourth-order valence-electron chi connectivity index (χ4n) is 2.51. The minimum Gasteiger partial charge on any atom is -0.463 e. The highest BCUT2D eigenvalue weighted by molar-refractivity contribution is 5.44. The Morgan fingerprint density at radius 1 is 0.875 bits per heavy atom. The van der Waals surface area contributed by atoms with Gasteiger partial charge in [-0.15, -0.1) is 0 Å². The van der Waals surface area contributed by atoms with Crippen molar-refractivity contribution in [3.05, 3.63) is 95.4 Å². The van der Waals surface area contributed by atoms with Gasteiger partial charge in [-0.25, -0.2) is 0 Å². The second-order valence-electron chi connectivity index (χ2n) is 5.56. The van der Waals surface area contributed by atoms with E-state index in [-0.39, 0.29) is 0 Å². The Morgan fingerprint density at radius 3 is 1.88 bits per heavy atom. The van der Waals surface area contributed by atoms with E-state index >= 15 is 0 Å². The number of benzene rings is 2. The first-order valence-electron chi connectivity index (χ1n) is 7.70. The quantitative estimate of drug-likeness (QED) is 0.726. The van der Waals surface area contributed by atoms with E-state index in [0.717, 1.165) is 0 Å². The molecule has 24 heavy (non-hydrogen) atoms. The van der Waals surface area contributed by atoms with E-state index in [1.807, 2.05) is 60.7 Å². The maximum Gasteiger partial charge on any atom is 0.176 e. The molecule has 2 aromatic carbocycles. The molecule has 1 heterocycles. The first-order valence-corrected chi connectivity index (χ1v) is 7.70. The molecule has 0 unspecified atom stereocenters. The molecule has 120 valence electrons.